The normalized spacial score (nSPS) is 20.0. The van der Waals surface area contributed by atoms with Gasteiger partial charge in [-0.25, -0.2) is 8.42 Å². The van der Waals surface area contributed by atoms with Gasteiger partial charge in [0.15, 0.2) is 0 Å². The summed E-state index contributed by atoms with van der Waals surface area (Å²) in [5.74, 6) is 0.571. The lowest BCUT2D eigenvalue weighted by Gasteiger charge is -2.43. The van der Waals surface area contributed by atoms with Crippen LogP contribution in [-0.4, -0.2) is 37.5 Å². The van der Waals surface area contributed by atoms with Crippen LogP contribution in [0.4, 0.5) is 5.69 Å². The summed E-state index contributed by atoms with van der Waals surface area (Å²) in [6.45, 7) is 3.64. The third-order valence-corrected chi connectivity index (χ3v) is 8.17. The lowest BCUT2D eigenvalue weighted by molar-refractivity contribution is 0.119. The van der Waals surface area contributed by atoms with Crippen LogP contribution in [0.1, 0.15) is 35.6 Å². The summed E-state index contributed by atoms with van der Waals surface area (Å²) in [7, 11) is -3.67. The summed E-state index contributed by atoms with van der Waals surface area (Å²) in [4.78, 5) is 15.7. The molecule has 3 heterocycles. The predicted molar refractivity (Wildman–Crippen MR) is 135 cm³/mol. The number of rotatable bonds is 8. The van der Waals surface area contributed by atoms with Gasteiger partial charge in [-0.3, -0.25) is 9.52 Å². The van der Waals surface area contributed by atoms with Crippen molar-refractivity contribution in [3.05, 3.63) is 100.0 Å². The number of nitrogens with one attached hydrogen (secondary N) is 1. The Labute approximate surface area is 201 Å². The zero-order valence-electron chi connectivity index (χ0n) is 19.3. The summed E-state index contributed by atoms with van der Waals surface area (Å²) < 4.78 is 29.7. The first kappa shape index (κ1) is 22.9. The third kappa shape index (κ3) is 5.26. The van der Waals surface area contributed by atoms with Crippen LogP contribution in [-0.2, 0) is 28.7 Å². The van der Waals surface area contributed by atoms with E-state index in [0.717, 1.165) is 44.6 Å². The molecular formula is C27H31N3O3S. The second-order valence-electron chi connectivity index (χ2n) is 9.58. The van der Waals surface area contributed by atoms with E-state index >= 15 is 0 Å². The van der Waals surface area contributed by atoms with Crippen LogP contribution in [0.15, 0.2) is 77.6 Å². The highest BCUT2D eigenvalue weighted by atomic mass is 32.2. The van der Waals surface area contributed by atoms with Gasteiger partial charge in [0, 0.05) is 31.2 Å². The maximum atomic E-state index is 13.2. The first-order valence-electron chi connectivity index (χ1n) is 12.0. The Morgan fingerprint density at radius 2 is 1.56 bits per heavy atom. The van der Waals surface area contributed by atoms with Crippen LogP contribution >= 0.6 is 0 Å². The minimum absolute atomic E-state index is 0.138. The molecule has 0 amide bonds. The average Bonchev–Trinajstić information content (AvgIpc) is 2.82. The fraction of sp³-hybridized carbons (Fsp3) is 0.370. The van der Waals surface area contributed by atoms with Gasteiger partial charge in [-0.15, -0.1) is 0 Å². The Balaban J connectivity index is 1.26. The highest BCUT2D eigenvalue weighted by Gasteiger charge is 2.35. The molecule has 0 unspecified atom stereocenters. The van der Waals surface area contributed by atoms with Crippen molar-refractivity contribution in [2.75, 3.05) is 24.4 Å². The molecule has 178 valence electrons. The molecule has 2 aromatic carbocycles. The van der Waals surface area contributed by atoms with E-state index in [-0.39, 0.29) is 17.0 Å². The van der Waals surface area contributed by atoms with Gasteiger partial charge in [0.05, 0.1) is 5.75 Å². The number of aromatic nitrogens is 1. The van der Waals surface area contributed by atoms with Crippen LogP contribution in [0.25, 0.3) is 0 Å². The molecule has 1 N–H and O–H groups in total. The first-order valence-corrected chi connectivity index (χ1v) is 13.7. The van der Waals surface area contributed by atoms with E-state index in [4.69, 9.17) is 0 Å². The Hall–Kier alpha value is -2.90. The fourth-order valence-electron chi connectivity index (χ4n) is 5.45. The molecular weight excluding hydrogens is 446 g/mol. The maximum absolute atomic E-state index is 13.2. The van der Waals surface area contributed by atoms with E-state index in [0.29, 0.717) is 23.9 Å². The van der Waals surface area contributed by atoms with E-state index in [1.807, 2.05) is 30.3 Å². The lowest BCUT2D eigenvalue weighted by Crippen LogP contribution is -2.47. The van der Waals surface area contributed by atoms with Crippen molar-refractivity contribution in [1.82, 2.24) is 9.47 Å². The number of anilines is 1. The number of likely N-dealkylation sites (tertiary alicyclic amines) is 1. The van der Waals surface area contributed by atoms with Gasteiger partial charge in [0.25, 0.3) is 5.56 Å². The van der Waals surface area contributed by atoms with Crippen molar-refractivity contribution in [2.24, 2.45) is 5.92 Å². The minimum Gasteiger partial charge on any atom is -0.310 e. The maximum Gasteiger partial charge on any atom is 0.275 e. The van der Waals surface area contributed by atoms with E-state index in [2.05, 4.69) is 33.9 Å². The van der Waals surface area contributed by atoms with Gasteiger partial charge in [-0.1, -0.05) is 60.7 Å². The molecule has 5 rings (SSSR count). The molecule has 7 heteroatoms. The quantitative estimate of drug-likeness (QED) is 0.535. The number of benzene rings is 2. The summed E-state index contributed by atoms with van der Waals surface area (Å²) in [5, 5.41) is 0. The number of piperidine rings is 1. The zero-order valence-corrected chi connectivity index (χ0v) is 20.1. The number of pyridine rings is 1. The van der Waals surface area contributed by atoms with Gasteiger partial charge in [0.1, 0.15) is 5.69 Å². The molecule has 1 saturated heterocycles. The topological polar surface area (TPSA) is 71.4 Å². The Bertz CT molecular complexity index is 1290. The van der Waals surface area contributed by atoms with Crippen molar-refractivity contribution in [2.45, 2.75) is 37.5 Å². The van der Waals surface area contributed by atoms with Crippen LogP contribution in [0.2, 0.25) is 0 Å². The first-order chi connectivity index (χ1) is 16.5. The van der Waals surface area contributed by atoms with Crippen LogP contribution < -0.4 is 10.3 Å². The molecule has 2 aliphatic heterocycles. The largest absolute Gasteiger partial charge is 0.310 e. The van der Waals surface area contributed by atoms with E-state index in [1.54, 1.807) is 22.8 Å². The molecule has 1 fully saturated rings. The number of nitrogens with zero attached hydrogens (tertiary/aromatic N) is 2. The van der Waals surface area contributed by atoms with Crippen molar-refractivity contribution >= 4 is 15.7 Å². The SMILES string of the molecule is O=c1c(NS(=O)(=O)Cc2ccccc2)ccc2n1C[C@@H]1C[C@@H]2CN(CCCc2ccccc2)C1. The molecule has 6 nitrogen and oxygen atoms in total. The summed E-state index contributed by atoms with van der Waals surface area (Å²) >= 11 is 0. The number of hydrogen-bond acceptors (Lipinski definition) is 4. The van der Waals surface area contributed by atoms with Crippen molar-refractivity contribution in [3.8, 4) is 0 Å². The third-order valence-electron chi connectivity index (χ3n) is 6.93. The van der Waals surface area contributed by atoms with Crippen LogP contribution in [0.5, 0.6) is 0 Å². The summed E-state index contributed by atoms with van der Waals surface area (Å²) in [6.07, 6.45) is 3.29. The van der Waals surface area contributed by atoms with Gasteiger partial charge in [-0.05, 0) is 55.0 Å². The smallest absolute Gasteiger partial charge is 0.275 e. The van der Waals surface area contributed by atoms with Gasteiger partial charge in [0.2, 0.25) is 10.0 Å². The number of fused-ring (bicyclic) bond motifs is 4. The number of hydrogen-bond donors (Lipinski definition) is 1. The molecule has 0 radical (unpaired) electrons. The zero-order chi connectivity index (χ0) is 23.5. The standard InChI is InChI=1S/C27H31N3O3S/c31-27-25(28-34(32,33)20-22-10-5-2-6-11-22)13-14-26-24-16-23(18-30(26)27)17-29(19-24)15-7-12-21-8-3-1-4-9-21/h1-6,8-11,13-14,23-24,28H,7,12,15-20H2/t23-,24-/m1/s1. The predicted octanol–water partition coefficient (Wildman–Crippen LogP) is 3.84. The Morgan fingerprint density at radius 1 is 0.853 bits per heavy atom. The van der Waals surface area contributed by atoms with Crippen molar-refractivity contribution in [3.63, 3.8) is 0 Å². The fourth-order valence-corrected chi connectivity index (χ4v) is 6.65. The molecule has 1 aromatic heterocycles. The van der Waals surface area contributed by atoms with Crippen molar-refractivity contribution in [1.29, 1.82) is 0 Å². The van der Waals surface area contributed by atoms with Crippen LogP contribution in [0, 0.1) is 5.92 Å². The van der Waals surface area contributed by atoms with E-state index in [1.165, 1.54) is 5.56 Å². The van der Waals surface area contributed by atoms with Crippen molar-refractivity contribution < 1.29 is 8.42 Å². The molecule has 2 aliphatic rings. The number of aryl methyl sites for hydroxylation is 1. The highest BCUT2D eigenvalue weighted by molar-refractivity contribution is 7.91. The second kappa shape index (κ2) is 9.76. The van der Waals surface area contributed by atoms with Gasteiger partial charge in [-0.2, -0.15) is 0 Å². The molecule has 2 atom stereocenters. The van der Waals surface area contributed by atoms with Crippen LogP contribution in [0.3, 0.4) is 0 Å². The number of sulfonamides is 1. The van der Waals surface area contributed by atoms with Gasteiger partial charge >= 0.3 is 0 Å². The Kier molecular flexibility index (Phi) is 6.57. The van der Waals surface area contributed by atoms with Gasteiger partial charge < -0.3 is 9.47 Å². The molecule has 3 aromatic rings. The molecule has 0 spiro atoms. The average molecular weight is 478 g/mol. The summed E-state index contributed by atoms with van der Waals surface area (Å²) in [6, 6.07) is 23.2. The van der Waals surface area contributed by atoms with E-state index in [9.17, 15) is 13.2 Å². The molecule has 2 bridgehead atoms. The molecule has 0 saturated carbocycles. The van der Waals surface area contributed by atoms with E-state index < -0.39 is 10.0 Å². The lowest BCUT2D eigenvalue weighted by atomic mass is 9.83. The Morgan fingerprint density at radius 3 is 2.29 bits per heavy atom. The second-order valence-corrected chi connectivity index (χ2v) is 11.3. The minimum atomic E-state index is -3.67. The highest BCUT2D eigenvalue weighted by Crippen LogP contribution is 2.35. The summed E-state index contributed by atoms with van der Waals surface area (Å²) in [5.41, 5.74) is 2.99. The molecule has 0 aliphatic carbocycles. The molecule has 34 heavy (non-hydrogen) atoms. The monoisotopic (exact) mass is 477 g/mol.